The number of ether oxygens (including phenoxy) is 1. The summed E-state index contributed by atoms with van der Waals surface area (Å²) in [4.78, 5) is 38.3. The largest absolute Gasteiger partial charge is 0.533 e. The molecule has 1 saturated heterocycles. The third kappa shape index (κ3) is 7.11. The number of hydroxylamine groups is 2. The first-order chi connectivity index (χ1) is 10.1. The van der Waals surface area contributed by atoms with Gasteiger partial charge in [-0.3, -0.25) is 14.4 Å². The van der Waals surface area contributed by atoms with E-state index in [4.69, 9.17) is 4.74 Å². The van der Waals surface area contributed by atoms with E-state index in [1.807, 2.05) is 0 Å². The summed E-state index contributed by atoms with van der Waals surface area (Å²) in [6, 6.07) is 0. The van der Waals surface area contributed by atoms with Crippen LogP contribution in [0.15, 0.2) is 0 Å². The molecule has 1 rings (SSSR count). The number of hydrogen-bond acceptors (Lipinski definition) is 5. The Morgan fingerprint density at radius 1 is 0.952 bits per heavy atom. The highest BCUT2D eigenvalue weighted by atomic mass is 16.8. The second-order valence-electron chi connectivity index (χ2n) is 5.25. The van der Waals surface area contributed by atoms with Crippen LogP contribution in [-0.4, -0.2) is 29.6 Å². The summed E-state index contributed by atoms with van der Waals surface area (Å²) in [6.07, 6.45) is 8.39. The predicted molar refractivity (Wildman–Crippen MR) is 76.1 cm³/mol. The minimum absolute atomic E-state index is 0.0874. The number of nitrogens with zero attached hydrogens (tertiary/aromatic N) is 1. The van der Waals surface area contributed by atoms with E-state index >= 15 is 0 Å². The lowest BCUT2D eigenvalue weighted by molar-refractivity contribution is -0.177. The van der Waals surface area contributed by atoms with E-state index in [9.17, 15) is 14.4 Å². The van der Waals surface area contributed by atoms with Gasteiger partial charge in [-0.05, 0) is 6.42 Å². The van der Waals surface area contributed by atoms with Crippen LogP contribution >= 0.6 is 0 Å². The topological polar surface area (TPSA) is 72.9 Å². The van der Waals surface area contributed by atoms with Crippen molar-refractivity contribution in [1.82, 2.24) is 5.06 Å². The van der Waals surface area contributed by atoms with Crippen LogP contribution in [-0.2, 0) is 19.2 Å². The first kappa shape index (κ1) is 17.5. The van der Waals surface area contributed by atoms with Crippen LogP contribution in [0.3, 0.4) is 0 Å². The molecule has 0 aromatic heterocycles. The third-order valence-electron chi connectivity index (χ3n) is 3.39. The molecule has 0 N–H and O–H groups in total. The lowest BCUT2D eigenvalue weighted by Crippen LogP contribution is -2.32. The highest BCUT2D eigenvalue weighted by Crippen LogP contribution is 2.13. The fraction of sp³-hybridized carbons (Fsp3) is 0.800. The van der Waals surface area contributed by atoms with Gasteiger partial charge in [0.25, 0.3) is 11.8 Å². The van der Waals surface area contributed by atoms with Crippen LogP contribution in [0.2, 0.25) is 0 Å². The van der Waals surface area contributed by atoms with Gasteiger partial charge in [-0.2, -0.15) is 0 Å². The fourth-order valence-corrected chi connectivity index (χ4v) is 2.15. The van der Waals surface area contributed by atoms with Gasteiger partial charge in [0, 0.05) is 12.8 Å². The highest BCUT2D eigenvalue weighted by molar-refractivity contribution is 6.01. The SMILES string of the molecule is CCCCCCCCCCOC(=O)ON1C(=O)CCC1=O. The average Bonchev–Trinajstić information content (AvgIpc) is 2.77. The van der Waals surface area contributed by atoms with Gasteiger partial charge in [0.15, 0.2) is 0 Å². The zero-order valence-corrected chi connectivity index (χ0v) is 12.8. The summed E-state index contributed by atoms with van der Waals surface area (Å²) in [5.74, 6) is -0.993. The molecular weight excluding hydrogens is 274 g/mol. The van der Waals surface area contributed by atoms with Crippen LogP contribution in [0, 0.1) is 0 Å². The van der Waals surface area contributed by atoms with Gasteiger partial charge in [0.2, 0.25) is 0 Å². The van der Waals surface area contributed by atoms with E-state index in [0.29, 0.717) is 5.06 Å². The van der Waals surface area contributed by atoms with Crippen LogP contribution in [0.1, 0.15) is 71.1 Å². The van der Waals surface area contributed by atoms with Crippen molar-refractivity contribution in [1.29, 1.82) is 0 Å². The van der Waals surface area contributed by atoms with E-state index in [2.05, 4.69) is 11.8 Å². The van der Waals surface area contributed by atoms with Crippen molar-refractivity contribution < 1.29 is 24.0 Å². The van der Waals surface area contributed by atoms with Gasteiger partial charge >= 0.3 is 6.16 Å². The Morgan fingerprint density at radius 3 is 2.05 bits per heavy atom. The van der Waals surface area contributed by atoms with Gasteiger partial charge in [0.05, 0.1) is 6.61 Å². The Labute approximate surface area is 125 Å². The molecule has 0 radical (unpaired) electrons. The second-order valence-corrected chi connectivity index (χ2v) is 5.25. The van der Waals surface area contributed by atoms with E-state index in [1.54, 1.807) is 0 Å². The Bertz CT molecular complexity index is 340. The molecule has 6 heteroatoms. The Kier molecular flexibility index (Phi) is 8.47. The number of carbonyl (C=O) groups is 3. The van der Waals surface area contributed by atoms with Gasteiger partial charge in [-0.1, -0.05) is 56.9 Å². The first-order valence-electron chi connectivity index (χ1n) is 7.85. The van der Waals surface area contributed by atoms with Crippen molar-refractivity contribution in [2.45, 2.75) is 71.1 Å². The monoisotopic (exact) mass is 299 g/mol. The normalized spacial score (nSPS) is 14.6. The zero-order valence-electron chi connectivity index (χ0n) is 12.8. The van der Waals surface area contributed by atoms with Crippen LogP contribution in [0.25, 0.3) is 0 Å². The van der Waals surface area contributed by atoms with Crippen molar-refractivity contribution in [3.05, 3.63) is 0 Å². The van der Waals surface area contributed by atoms with Gasteiger partial charge in [-0.25, -0.2) is 4.79 Å². The van der Waals surface area contributed by atoms with Crippen LogP contribution in [0.5, 0.6) is 0 Å². The molecule has 1 aliphatic heterocycles. The molecule has 21 heavy (non-hydrogen) atoms. The summed E-state index contributed by atoms with van der Waals surface area (Å²) in [6.45, 7) is 2.45. The first-order valence-corrected chi connectivity index (χ1v) is 7.85. The maximum absolute atomic E-state index is 11.3. The summed E-state index contributed by atoms with van der Waals surface area (Å²) in [7, 11) is 0. The Hall–Kier alpha value is -1.59. The Balaban J connectivity index is 1.96. The van der Waals surface area contributed by atoms with E-state index in [0.717, 1.165) is 19.3 Å². The average molecular weight is 299 g/mol. The number of hydrogen-bond donors (Lipinski definition) is 0. The van der Waals surface area contributed by atoms with Crippen molar-refractivity contribution in [3.8, 4) is 0 Å². The quantitative estimate of drug-likeness (QED) is 0.351. The molecule has 1 heterocycles. The van der Waals surface area contributed by atoms with Crippen molar-refractivity contribution >= 4 is 18.0 Å². The molecule has 120 valence electrons. The van der Waals surface area contributed by atoms with Crippen molar-refractivity contribution in [2.24, 2.45) is 0 Å². The molecular formula is C15H25NO5. The van der Waals surface area contributed by atoms with Crippen LogP contribution < -0.4 is 0 Å². The van der Waals surface area contributed by atoms with Crippen LogP contribution in [0.4, 0.5) is 4.79 Å². The number of carbonyl (C=O) groups excluding carboxylic acids is 3. The molecule has 0 aromatic carbocycles. The maximum Gasteiger partial charge on any atom is 0.533 e. The summed E-state index contributed by atoms with van der Waals surface area (Å²) >= 11 is 0. The van der Waals surface area contributed by atoms with Gasteiger partial charge in [0.1, 0.15) is 0 Å². The molecule has 6 nitrogen and oxygen atoms in total. The Morgan fingerprint density at radius 2 is 1.48 bits per heavy atom. The van der Waals surface area contributed by atoms with E-state index < -0.39 is 18.0 Å². The highest BCUT2D eigenvalue weighted by Gasteiger charge is 2.33. The number of amides is 2. The van der Waals surface area contributed by atoms with E-state index in [1.165, 1.54) is 32.1 Å². The summed E-state index contributed by atoms with van der Waals surface area (Å²) < 4.78 is 4.84. The molecule has 1 aliphatic rings. The molecule has 0 bridgehead atoms. The number of rotatable bonds is 10. The van der Waals surface area contributed by atoms with E-state index in [-0.39, 0.29) is 19.4 Å². The molecule has 0 unspecified atom stereocenters. The van der Waals surface area contributed by atoms with Gasteiger partial charge in [-0.15, -0.1) is 0 Å². The molecule has 0 spiro atoms. The molecule has 1 fully saturated rings. The molecule has 0 atom stereocenters. The molecule has 0 aliphatic carbocycles. The summed E-state index contributed by atoms with van der Waals surface area (Å²) in [5.41, 5.74) is 0. The molecule has 0 saturated carbocycles. The van der Waals surface area contributed by atoms with Crippen molar-refractivity contribution in [2.75, 3.05) is 6.61 Å². The minimum atomic E-state index is -0.985. The lowest BCUT2D eigenvalue weighted by atomic mass is 10.1. The second kappa shape index (κ2) is 10.2. The fourth-order valence-electron chi connectivity index (χ4n) is 2.15. The predicted octanol–water partition coefficient (Wildman–Crippen LogP) is 3.34. The number of imide groups is 1. The summed E-state index contributed by atoms with van der Waals surface area (Å²) in [5, 5.41) is 0.496. The molecule has 0 aromatic rings. The minimum Gasteiger partial charge on any atom is -0.433 e. The standard InChI is InChI=1S/C15H25NO5/c1-2-3-4-5-6-7-8-9-12-20-15(19)21-16-13(17)10-11-14(16)18/h2-12H2,1H3. The smallest absolute Gasteiger partial charge is 0.433 e. The molecule has 2 amide bonds. The third-order valence-corrected chi connectivity index (χ3v) is 3.39. The zero-order chi connectivity index (χ0) is 15.5. The maximum atomic E-state index is 11.3. The lowest BCUT2D eigenvalue weighted by Gasteiger charge is -2.12. The number of unbranched alkanes of at least 4 members (excludes halogenated alkanes) is 7. The van der Waals surface area contributed by atoms with Crippen molar-refractivity contribution in [3.63, 3.8) is 0 Å². The van der Waals surface area contributed by atoms with Gasteiger partial charge < -0.3 is 4.74 Å².